The molecule has 146 valence electrons. The molecule has 28 heavy (non-hydrogen) atoms. The third kappa shape index (κ3) is 2.96. The van der Waals surface area contributed by atoms with Gasteiger partial charge in [0, 0.05) is 25.6 Å². The second-order valence-corrected chi connectivity index (χ2v) is 6.93. The Kier molecular flexibility index (Phi) is 4.25. The third-order valence-corrected chi connectivity index (χ3v) is 5.12. The average molecular weight is 388 g/mol. The maximum atomic E-state index is 13.1. The predicted molar refractivity (Wildman–Crippen MR) is 93.7 cm³/mol. The summed E-state index contributed by atoms with van der Waals surface area (Å²) in [6.07, 6.45) is -0.726. The van der Waals surface area contributed by atoms with Crippen molar-refractivity contribution in [1.29, 1.82) is 0 Å². The molecule has 0 bridgehead atoms. The van der Waals surface area contributed by atoms with Gasteiger partial charge < -0.3 is 25.0 Å². The standard InChI is InChI=1S/C18H17FN4O5/c19-11-3-1-9(2-4-11)7-22-8-12-5-10(6-20-18(27)28)15-21-16(25)14(24)13(17(22)26)23(12)15/h1-4,10,12,20,24H,5-8H2,(H,27,28). The molecule has 0 spiro atoms. The average Bonchev–Trinajstić information content (AvgIpc) is 2.99. The summed E-state index contributed by atoms with van der Waals surface area (Å²) in [6, 6.07) is 5.48. The monoisotopic (exact) mass is 388 g/mol. The van der Waals surface area contributed by atoms with Crippen molar-refractivity contribution >= 4 is 12.0 Å². The zero-order chi connectivity index (χ0) is 20.0. The fourth-order valence-electron chi connectivity index (χ4n) is 3.92. The molecule has 2 unspecified atom stereocenters. The molecular formula is C18H17FN4O5. The minimum atomic E-state index is -1.19. The van der Waals surface area contributed by atoms with Crippen LogP contribution >= 0.6 is 0 Å². The van der Waals surface area contributed by atoms with Crippen LogP contribution in [0.25, 0.3) is 0 Å². The molecule has 10 heteroatoms. The number of halogens is 1. The van der Waals surface area contributed by atoms with Crippen LogP contribution in [-0.2, 0) is 6.54 Å². The lowest BCUT2D eigenvalue weighted by Crippen LogP contribution is -2.43. The van der Waals surface area contributed by atoms with E-state index in [4.69, 9.17) is 5.11 Å². The maximum Gasteiger partial charge on any atom is 0.404 e. The molecule has 2 aromatic rings. The molecule has 2 aliphatic rings. The van der Waals surface area contributed by atoms with Gasteiger partial charge in [-0.25, -0.2) is 9.18 Å². The lowest BCUT2D eigenvalue weighted by atomic mass is 10.0. The van der Waals surface area contributed by atoms with Gasteiger partial charge in [-0.15, -0.1) is 0 Å². The van der Waals surface area contributed by atoms with Crippen molar-refractivity contribution in [2.45, 2.75) is 24.9 Å². The Morgan fingerprint density at radius 2 is 2.00 bits per heavy atom. The van der Waals surface area contributed by atoms with Gasteiger partial charge in [0.25, 0.3) is 5.91 Å². The largest absolute Gasteiger partial charge is 0.501 e. The van der Waals surface area contributed by atoms with E-state index in [2.05, 4.69) is 10.3 Å². The Bertz CT molecular complexity index is 1020. The van der Waals surface area contributed by atoms with Crippen molar-refractivity contribution < 1.29 is 24.2 Å². The summed E-state index contributed by atoms with van der Waals surface area (Å²) in [6.45, 7) is 0.553. The summed E-state index contributed by atoms with van der Waals surface area (Å²) in [5, 5.41) is 21.3. The quantitative estimate of drug-likeness (QED) is 0.719. The molecule has 0 saturated carbocycles. The molecule has 2 amide bonds. The first-order valence-electron chi connectivity index (χ1n) is 8.71. The number of carbonyl (C=O) groups excluding carboxylic acids is 1. The number of aromatic nitrogens is 2. The van der Waals surface area contributed by atoms with E-state index in [-0.39, 0.29) is 36.6 Å². The van der Waals surface area contributed by atoms with E-state index in [1.54, 1.807) is 16.7 Å². The van der Waals surface area contributed by atoms with Crippen molar-refractivity contribution in [2.24, 2.45) is 0 Å². The van der Waals surface area contributed by atoms with E-state index in [9.17, 15) is 23.9 Å². The lowest BCUT2D eigenvalue weighted by Gasteiger charge is -2.34. The predicted octanol–water partition coefficient (Wildman–Crippen LogP) is 1.04. The molecule has 4 rings (SSSR count). The van der Waals surface area contributed by atoms with Crippen molar-refractivity contribution in [1.82, 2.24) is 19.8 Å². The molecule has 2 aliphatic heterocycles. The van der Waals surface area contributed by atoms with Gasteiger partial charge in [0.1, 0.15) is 11.6 Å². The number of hydrogen-bond donors (Lipinski definition) is 3. The van der Waals surface area contributed by atoms with Crippen molar-refractivity contribution in [3.8, 4) is 5.75 Å². The number of amides is 2. The number of carboxylic acid groups (broad SMARTS) is 1. The topological polar surface area (TPSA) is 125 Å². The van der Waals surface area contributed by atoms with Gasteiger partial charge in [0.2, 0.25) is 5.75 Å². The normalized spacial score (nSPS) is 20.2. The molecule has 2 atom stereocenters. The van der Waals surface area contributed by atoms with Crippen LogP contribution < -0.4 is 10.9 Å². The summed E-state index contributed by atoms with van der Waals surface area (Å²) in [4.78, 5) is 41.2. The van der Waals surface area contributed by atoms with Gasteiger partial charge in [-0.3, -0.25) is 9.59 Å². The van der Waals surface area contributed by atoms with Crippen LogP contribution in [0.1, 0.15) is 40.3 Å². The Morgan fingerprint density at radius 1 is 1.29 bits per heavy atom. The van der Waals surface area contributed by atoms with Gasteiger partial charge in [0.05, 0.1) is 6.04 Å². The Morgan fingerprint density at radius 3 is 2.68 bits per heavy atom. The molecule has 0 fully saturated rings. The van der Waals surface area contributed by atoms with Crippen LogP contribution in [0.15, 0.2) is 29.1 Å². The third-order valence-electron chi connectivity index (χ3n) is 5.12. The van der Waals surface area contributed by atoms with Crippen LogP contribution in [0.4, 0.5) is 9.18 Å². The highest BCUT2D eigenvalue weighted by atomic mass is 19.1. The number of carbonyl (C=O) groups is 2. The van der Waals surface area contributed by atoms with E-state index in [0.717, 1.165) is 0 Å². The van der Waals surface area contributed by atoms with Gasteiger partial charge in [-0.2, -0.15) is 4.98 Å². The Balaban J connectivity index is 1.69. The van der Waals surface area contributed by atoms with Crippen LogP contribution in [0, 0.1) is 5.82 Å². The second-order valence-electron chi connectivity index (χ2n) is 6.93. The summed E-state index contributed by atoms with van der Waals surface area (Å²) < 4.78 is 14.7. The fourth-order valence-corrected chi connectivity index (χ4v) is 3.92. The zero-order valence-corrected chi connectivity index (χ0v) is 14.6. The number of aromatic hydroxyl groups is 1. The van der Waals surface area contributed by atoms with Gasteiger partial charge in [0.15, 0.2) is 5.69 Å². The van der Waals surface area contributed by atoms with E-state index < -0.39 is 23.3 Å². The van der Waals surface area contributed by atoms with Gasteiger partial charge in [-0.05, 0) is 24.1 Å². The summed E-state index contributed by atoms with van der Waals surface area (Å²) in [5.74, 6) is -1.71. The Labute approximate surface area is 158 Å². The molecule has 1 aromatic heterocycles. The maximum absolute atomic E-state index is 13.1. The second kappa shape index (κ2) is 6.63. The van der Waals surface area contributed by atoms with E-state index in [0.29, 0.717) is 24.4 Å². The minimum absolute atomic E-state index is 0.0502. The fraction of sp³-hybridized carbons (Fsp3) is 0.333. The number of rotatable bonds is 4. The smallest absolute Gasteiger partial charge is 0.404 e. The molecule has 3 N–H and O–H groups in total. The number of hydrogen-bond acceptors (Lipinski definition) is 5. The highest BCUT2D eigenvalue weighted by molar-refractivity contribution is 5.96. The number of nitrogens with one attached hydrogen (secondary N) is 1. The molecule has 0 saturated heterocycles. The highest BCUT2D eigenvalue weighted by Crippen LogP contribution is 2.40. The SMILES string of the molecule is O=C(O)NCC1CC2CN(Cc3ccc(F)cc3)C(=O)c3c(O)c(=O)nc1n32. The van der Waals surface area contributed by atoms with Crippen LogP contribution in [0.5, 0.6) is 5.75 Å². The van der Waals surface area contributed by atoms with Crippen molar-refractivity contribution in [2.75, 3.05) is 13.1 Å². The summed E-state index contributed by atoms with van der Waals surface area (Å²) in [7, 11) is 0. The minimum Gasteiger partial charge on any atom is -0.501 e. The van der Waals surface area contributed by atoms with Crippen molar-refractivity contribution in [3.05, 3.63) is 57.5 Å². The lowest BCUT2D eigenvalue weighted by molar-refractivity contribution is 0.0649. The van der Waals surface area contributed by atoms with Gasteiger partial charge in [-0.1, -0.05) is 12.1 Å². The number of benzene rings is 1. The van der Waals surface area contributed by atoms with E-state index in [1.807, 2.05) is 0 Å². The van der Waals surface area contributed by atoms with Gasteiger partial charge >= 0.3 is 11.7 Å². The molecule has 1 aromatic carbocycles. The van der Waals surface area contributed by atoms with Crippen LogP contribution in [0.3, 0.4) is 0 Å². The Hall–Kier alpha value is -3.43. The van der Waals surface area contributed by atoms with Crippen molar-refractivity contribution in [3.63, 3.8) is 0 Å². The molecule has 0 radical (unpaired) electrons. The molecule has 3 heterocycles. The molecule has 0 aliphatic carbocycles. The first kappa shape index (κ1) is 18.0. The molecule has 9 nitrogen and oxygen atoms in total. The van der Waals surface area contributed by atoms with E-state index in [1.165, 1.54) is 17.0 Å². The first-order chi connectivity index (χ1) is 13.3. The zero-order valence-electron chi connectivity index (χ0n) is 14.6. The van der Waals surface area contributed by atoms with E-state index >= 15 is 0 Å². The van der Waals surface area contributed by atoms with Crippen LogP contribution in [-0.4, -0.2) is 49.8 Å². The molecular weight excluding hydrogens is 371 g/mol. The highest BCUT2D eigenvalue weighted by Gasteiger charge is 2.43. The number of nitrogens with zero attached hydrogens (tertiary/aromatic N) is 3. The summed E-state index contributed by atoms with van der Waals surface area (Å²) in [5.41, 5.74) is -0.341. The summed E-state index contributed by atoms with van der Waals surface area (Å²) >= 11 is 0. The first-order valence-corrected chi connectivity index (χ1v) is 8.71. The van der Waals surface area contributed by atoms with Crippen LogP contribution in [0.2, 0.25) is 0 Å².